The van der Waals surface area contributed by atoms with Crippen LogP contribution in [-0.2, 0) is 11.3 Å². The number of hydrogen-bond donors (Lipinski definition) is 0. The molecule has 0 aromatic carbocycles. The quantitative estimate of drug-likeness (QED) is 0.821. The number of carbonyl (C=O) groups excluding carboxylic acids is 1. The zero-order valence-corrected chi connectivity index (χ0v) is 11.6. The predicted molar refractivity (Wildman–Crippen MR) is 71.3 cm³/mol. The van der Waals surface area contributed by atoms with E-state index < -0.39 is 0 Å². The number of rotatable bonds is 4. The average molecular weight is 249 g/mol. The Morgan fingerprint density at radius 2 is 2.28 bits per heavy atom. The molecule has 1 aromatic rings. The van der Waals surface area contributed by atoms with Crippen molar-refractivity contribution in [2.24, 2.45) is 5.92 Å². The molecule has 1 saturated heterocycles. The minimum atomic E-state index is 0.231. The highest BCUT2D eigenvalue weighted by Crippen LogP contribution is 2.19. The fraction of sp³-hybridized carbons (Fsp3) is 0.714. The van der Waals surface area contributed by atoms with E-state index in [2.05, 4.69) is 35.2 Å². The predicted octanol–water partition coefficient (Wildman–Crippen LogP) is 2.27. The summed E-state index contributed by atoms with van der Waals surface area (Å²) in [5.41, 5.74) is 1.24. The topological polar surface area (TPSA) is 38.1 Å². The van der Waals surface area contributed by atoms with Crippen LogP contribution >= 0.6 is 0 Å². The van der Waals surface area contributed by atoms with Gasteiger partial charge in [0, 0.05) is 44.2 Å². The van der Waals surface area contributed by atoms with Gasteiger partial charge in [-0.2, -0.15) is 0 Å². The first kappa shape index (κ1) is 13.3. The number of Topliss-reactive ketones (excluding diaryl/α,β-unsaturated/α-hetero) is 1. The second kappa shape index (κ2) is 5.65. The van der Waals surface area contributed by atoms with Gasteiger partial charge in [-0.05, 0) is 20.3 Å². The minimum absolute atomic E-state index is 0.231. The molecule has 1 aliphatic heterocycles. The molecular weight excluding hydrogens is 226 g/mol. The number of imidazole rings is 1. The Hall–Kier alpha value is -1.16. The zero-order valence-electron chi connectivity index (χ0n) is 11.6. The molecule has 2 heterocycles. The third-order valence-electron chi connectivity index (χ3n) is 3.79. The summed E-state index contributed by atoms with van der Waals surface area (Å²) in [7, 11) is 0. The Bertz CT molecular complexity index is 411. The van der Waals surface area contributed by atoms with Crippen LogP contribution in [0.3, 0.4) is 0 Å². The minimum Gasteiger partial charge on any atom is -0.331 e. The molecule has 0 N–H and O–H groups in total. The second-order valence-corrected chi connectivity index (χ2v) is 5.44. The van der Waals surface area contributed by atoms with Crippen molar-refractivity contribution in [3.05, 3.63) is 18.2 Å². The molecule has 2 rings (SSSR count). The Kier molecular flexibility index (Phi) is 4.17. The van der Waals surface area contributed by atoms with E-state index in [1.165, 1.54) is 5.69 Å². The first-order valence-electron chi connectivity index (χ1n) is 6.87. The average Bonchev–Trinajstić information content (AvgIpc) is 2.80. The molecule has 1 aromatic heterocycles. The van der Waals surface area contributed by atoms with E-state index in [9.17, 15) is 4.79 Å². The molecular formula is C14H23N3O. The van der Waals surface area contributed by atoms with Crippen LogP contribution in [0.15, 0.2) is 12.5 Å². The van der Waals surface area contributed by atoms with Crippen LogP contribution < -0.4 is 0 Å². The van der Waals surface area contributed by atoms with Crippen molar-refractivity contribution in [1.29, 1.82) is 0 Å². The number of aromatic nitrogens is 2. The van der Waals surface area contributed by atoms with Gasteiger partial charge in [0.05, 0.1) is 12.0 Å². The van der Waals surface area contributed by atoms with Gasteiger partial charge in [0.15, 0.2) is 0 Å². The van der Waals surface area contributed by atoms with Gasteiger partial charge in [-0.3, -0.25) is 9.69 Å². The zero-order chi connectivity index (χ0) is 13.1. The highest BCUT2D eigenvalue weighted by molar-refractivity contribution is 5.82. The SMILES string of the molecule is CCC1CN(Cc2cncn2C(C)C)CCC1=O. The Morgan fingerprint density at radius 1 is 1.50 bits per heavy atom. The van der Waals surface area contributed by atoms with Crippen LogP contribution in [0, 0.1) is 5.92 Å². The first-order chi connectivity index (χ1) is 8.61. The summed E-state index contributed by atoms with van der Waals surface area (Å²) in [6, 6.07) is 0.441. The lowest BCUT2D eigenvalue weighted by Gasteiger charge is -2.31. The molecule has 100 valence electrons. The van der Waals surface area contributed by atoms with Crippen LogP contribution in [0.1, 0.15) is 45.3 Å². The smallest absolute Gasteiger partial charge is 0.138 e. The second-order valence-electron chi connectivity index (χ2n) is 5.44. The summed E-state index contributed by atoms with van der Waals surface area (Å²) >= 11 is 0. The highest BCUT2D eigenvalue weighted by atomic mass is 16.1. The van der Waals surface area contributed by atoms with E-state index in [4.69, 9.17) is 0 Å². The van der Waals surface area contributed by atoms with Gasteiger partial charge < -0.3 is 4.57 Å². The molecule has 0 radical (unpaired) electrons. The normalized spacial score (nSPS) is 21.8. The van der Waals surface area contributed by atoms with Crippen LogP contribution in [0.25, 0.3) is 0 Å². The van der Waals surface area contributed by atoms with Crippen molar-refractivity contribution in [3.63, 3.8) is 0 Å². The van der Waals surface area contributed by atoms with Gasteiger partial charge in [0.2, 0.25) is 0 Å². The lowest BCUT2D eigenvalue weighted by molar-refractivity contribution is -0.126. The van der Waals surface area contributed by atoms with Gasteiger partial charge in [0.25, 0.3) is 0 Å². The largest absolute Gasteiger partial charge is 0.331 e. The molecule has 0 amide bonds. The monoisotopic (exact) mass is 249 g/mol. The maximum atomic E-state index is 11.7. The van der Waals surface area contributed by atoms with E-state index in [-0.39, 0.29) is 5.92 Å². The summed E-state index contributed by atoms with van der Waals surface area (Å²) < 4.78 is 2.21. The Balaban J connectivity index is 2.01. The Labute approximate surface area is 109 Å². The van der Waals surface area contributed by atoms with Crippen molar-refractivity contribution in [3.8, 4) is 0 Å². The van der Waals surface area contributed by atoms with E-state index in [1.54, 1.807) is 0 Å². The lowest BCUT2D eigenvalue weighted by atomic mass is 9.94. The summed E-state index contributed by atoms with van der Waals surface area (Å²) in [5.74, 6) is 0.667. The number of hydrogen-bond acceptors (Lipinski definition) is 3. The van der Waals surface area contributed by atoms with Crippen molar-refractivity contribution < 1.29 is 4.79 Å². The van der Waals surface area contributed by atoms with E-state index in [0.29, 0.717) is 18.2 Å². The van der Waals surface area contributed by atoms with Crippen molar-refractivity contribution in [1.82, 2.24) is 14.5 Å². The van der Waals surface area contributed by atoms with Crippen molar-refractivity contribution in [2.75, 3.05) is 13.1 Å². The molecule has 18 heavy (non-hydrogen) atoms. The van der Waals surface area contributed by atoms with Gasteiger partial charge in [0.1, 0.15) is 5.78 Å². The van der Waals surface area contributed by atoms with Crippen LogP contribution in [0.5, 0.6) is 0 Å². The molecule has 1 unspecified atom stereocenters. The molecule has 1 fully saturated rings. The number of carbonyl (C=O) groups is 1. The van der Waals surface area contributed by atoms with Gasteiger partial charge in [-0.1, -0.05) is 6.92 Å². The van der Waals surface area contributed by atoms with Crippen LogP contribution in [-0.4, -0.2) is 33.3 Å². The Morgan fingerprint density at radius 3 is 2.94 bits per heavy atom. The molecule has 1 atom stereocenters. The fourth-order valence-electron chi connectivity index (χ4n) is 2.63. The van der Waals surface area contributed by atoms with E-state index >= 15 is 0 Å². The summed E-state index contributed by atoms with van der Waals surface area (Å²) in [5, 5.41) is 0. The molecule has 4 heteroatoms. The molecule has 1 aliphatic rings. The molecule has 0 bridgehead atoms. The molecule has 4 nitrogen and oxygen atoms in total. The van der Waals surface area contributed by atoms with Gasteiger partial charge in [-0.25, -0.2) is 4.98 Å². The number of piperidine rings is 1. The molecule has 0 spiro atoms. The van der Waals surface area contributed by atoms with Crippen molar-refractivity contribution >= 4 is 5.78 Å². The third kappa shape index (κ3) is 2.80. The van der Waals surface area contributed by atoms with Gasteiger partial charge >= 0.3 is 0 Å². The van der Waals surface area contributed by atoms with Crippen LogP contribution in [0.2, 0.25) is 0 Å². The van der Waals surface area contributed by atoms with Gasteiger partial charge in [-0.15, -0.1) is 0 Å². The molecule has 0 saturated carbocycles. The number of likely N-dealkylation sites (tertiary alicyclic amines) is 1. The number of ketones is 1. The maximum Gasteiger partial charge on any atom is 0.138 e. The molecule has 0 aliphatic carbocycles. The van der Waals surface area contributed by atoms with Crippen molar-refractivity contribution in [2.45, 2.75) is 46.2 Å². The number of nitrogens with zero attached hydrogens (tertiary/aromatic N) is 3. The summed E-state index contributed by atoms with van der Waals surface area (Å²) in [6.45, 7) is 9.13. The fourth-order valence-corrected chi connectivity index (χ4v) is 2.63. The standard InChI is InChI=1S/C14H23N3O/c1-4-12-8-16(6-5-14(12)18)9-13-7-15-10-17(13)11(2)3/h7,10-12H,4-6,8-9H2,1-3H3. The third-order valence-corrected chi connectivity index (χ3v) is 3.79. The van der Waals surface area contributed by atoms with E-state index in [1.807, 2.05) is 12.5 Å². The van der Waals surface area contributed by atoms with E-state index in [0.717, 1.165) is 26.1 Å². The first-order valence-corrected chi connectivity index (χ1v) is 6.87. The summed E-state index contributed by atoms with van der Waals surface area (Å²) in [6.07, 6.45) is 5.50. The highest BCUT2D eigenvalue weighted by Gasteiger charge is 2.26. The van der Waals surface area contributed by atoms with Crippen LogP contribution in [0.4, 0.5) is 0 Å². The summed E-state index contributed by atoms with van der Waals surface area (Å²) in [4.78, 5) is 18.3. The lowest BCUT2D eigenvalue weighted by Crippen LogP contribution is -2.40. The maximum absolute atomic E-state index is 11.7.